The number of piperidine rings is 1. The second-order valence-electron chi connectivity index (χ2n) is 11.4. The minimum Gasteiger partial charge on any atom is -0.478 e. The molecule has 3 heterocycles. The van der Waals surface area contributed by atoms with Crippen LogP contribution in [0, 0.1) is 11.6 Å². The van der Waals surface area contributed by atoms with E-state index in [1.807, 2.05) is 12.1 Å². The highest BCUT2D eigenvalue weighted by Gasteiger charge is 2.42. The molecule has 3 aromatic rings. The molecule has 0 spiro atoms. The normalized spacial score (nSPS) is 19.7. The number of benzene rings is 3. The maximum absolute atomic E-state index is 14.9. The number of hydrogen-bond donors (Lipinski definition) is 2. The number of aromatic carboxylic acids is 1. The largest absolute Gasteiger partial charge is 0.478 e. The first kappa shape index (κ1) is 31.4. The third-order valence-electron chi connectivity index (χ3n) is 8.72. The van der Waals surface area contributed by atoms with Crippen molar-refractivity contribution in [3.63, 3.8) is 0 Å². The van der Waals surface area contributed by atoms with Crippen LogP contribution in [-0.2, 0) is 25.6 Å². The average molecular weight is 653 g/mol. The Morgan fingerprint density at radius 3 is 2.54 bits per heavy atom. The number of methoxy groups -OCH3 is 1. The molecule has 6 rings (SSSR count). The molecule has 0 bridgehead atoms. The molecule has 2 amide bonds. The average Bonchev–Trinajstić information content (AvgIpc) is 3.56. The molecule has 13 heteroatoms. The van der Waals surface area contributed by atoms with Gasteiger partial charge in [-0.15, -0.1) is 0 Å². The van der Waals surface area contributed by atoms with Crippen LogP contribution in [0.5, 0.6) is 0 Å². The molecule has 1 fully saturated rings. The number of nitrogens with one attached hydrogen (secondary N) is 1. The van der Waals surface area contributed by atoms with Crippen LogP contribution in [0.2, 0.25) is 5.02 Å². The lowest BCUT2D eigenvalue weighted by Gasteiger charge is -2.40. The summed E-state index contributed by atoms with van der Waals surface area (Å²) in [4.78, 5) is 48.4. The number of nitrogens with zero attached hydrogens (tertiary/aromatic N) is 3. The Kier molecular flexibility index (Phi) is 8.92. The summed E-state index contributed by atoms with van der Waals surface area (Å²) in [6.07, 6.45) is 1.12. The van der Waals surface area contributed by atoms with Crippen molar-refractivity contribution in [1.29, 1.82) is 0 Å². The fourth-order valence-electron chi connectivity index (χ4n) is 6.33. The quantitative estimate of drug-likeness (QED) is 0.361. The number of oxime groups is 1. The molecule has 10 nitrogen and oxygen atoms in total. The van der Waals surface area contributed by atoms with Gasteiger partial charge in [0.1, 0.15) is 11.9 Å². The number of anilines is 2. The highest BCUT2D eigenvalue weighted by atomic mass is 35.5. The molecule has 0 unspecified atom stereocenters. The Balaban J connectivity index is 1.31. The highest BCUT2D eigenvalue weighted by molar-refractivity contribution is 6.31. The highest BCUT2D eigenvalue weighted by Crippen LogP contribution is 2.39. The van der Waals surface area contributed by atoms with Gasteiger partial charge in [0.15, 0.2) is 5.82 Å². The molecule has 2 N–H and O–H groups in total. The summed E-state index contributed by atoms with van der Waals surface area (Å²) in [6, 6.07) is 12.0. The molecule has 0 aromatic heterocycles. The van der Waals surface area contributed by atoms with Crippen LogP contribution in [0.4, 0.5) is 20.2 Å². The molecular formula is C33H31ClF2N4O6. The third-order valence-corrected chi connectivity index (χ3v) is 9.02. The van der Waals surface area contributed by atoms with E-state index in [1.54, 1.807) is 19.2 Å². The first-order valence-corrected chi connectivity index (χ1v) is 15.2. The summed E-state index contributed by atoms with van der Waals surface area (Å²) < 4.78 is 35.2. The van der Waals surface area contributed by atoms with Gasteiger partial charge in [-0.25, -0.2) is 13.6 Å². The maximum atomic E-state index is 14.9. The SMILES string of the molecule is COC1CCN(c2cccc3c2CCN(C(=O)[C@H]2CC(c4cccc(Cl)c4F)=NO2)[C@H]3C(=O)Nc2ccc(C(=O)O)cc2F)CC1. The molecular weight excluding hydrogens is 622 g/mol. The lowest BCUT2D eigenvalue weighted by atomic mass is 9.89. The summed E-state index contributed by atoms with van der Waals surface area (Å²) in [7, 11) is 1.70. The van der Waals surface area contributed by atoms with E-state index in [4.69, 9.17) is 21.2 Å². The van der Waals surface area contributed by atoms with Gasteiger partial charge in [0.2, 0.25) is 6.10 Å². The number of fused-ring (bicyclic) bond motifs is 1. The van der Waals surface area contributed by atoms with E-state index in [0.29, 0.717) is 12.0 Å². The van der Waals surface area contributed by atoms with E-state index in [-0.39, 0.29) is 46.6 Å². The molecule has 2 atom stereocenters. The minimum atomic E-state index is -1.31. The van der Waals surface area contributed by atoms with E-state index in [1.165, 1.54) is 29.2 Å². The molecule has 3 aliphatic rings. The first-order valence-electron chi connectivity index (χ1n) is 14.9. The molecule has 240 valence electrons. The second-order valence-corrected chi connectivity index (χ2v) is 11.8. The number of carboxylic acid groups (broad SMARTS) is 1. The number of carbonyl (C=O) groups is 3. The van der Waals surface area contributed by atoms with E-state index < -0.39 is 41.6 Å². The Bertz CT molecular complexity index is 1730. The van der Waals surface area contributed by atoms with Gasteiger partial charge in [0.05, 0.1) is 28.1 Å². The predicted molar refractivity (Wildman–Crippen MR) is 166 cm³/mol. The van der Waals surface area contributed by atoms with Crippen molar-refractivity contribution in [2.45, 2.75) is 43.9 Å². The number of hydrogen-bond acceptors (Lipinski definition) is 7. The number of rotatable bonds is 7. The van der Waals surface area contributed by atoms with Crippen molar-refractivity contribution in [2.75, 3.05) is 37.0 Å². The van der Waals surface area contributed by atoms with Gasteiger partial charge in [-0.3, -0.25) is 9.59 Å². The number of amides is 2. The molecule has 1 saturated heterocycles. The summed E-state index contributed by atoms with van der Waals surface area (Å²) in [5, 5.41) is 15.7. The monoisotopic (exact) mass is 652 g/mol. The first-order chi connectivity index (χ1) is 22.2. The van der Waals surface area contributed by atoms with Gasteiger partial charge >= 0.3 is 5.97 Å². The van der Waals surface area contributed by atoms with Crippen molar-refractivity contribution >= 4 is 46.5 Å². The van der Waals surface area contributed by atoms with Crippen LogP contribution in [0.25, 0.3) is 0 Å². The summed E-state index contributed by atoms with van der Waals surface area (Å²) in [5.74, 6) is -4.15. The standard InChI is InChI=1S/C33H31ClF2N4O6/c1-45-19-10-13-39(14-11-19)27-7-3-4-21-20(27)12-15-40(30(21)31(41)37-25-9-8-18(33(43)44)16-24(25)35)32(42)28-17-26(38-46-28)22-5-2-6-23(34)29(22)36/h2-9,16,19,28,30H,10-15,17H2,1H3,(H,37,41)(H,43,44)/t28-,30-/m1/s1. The van der Waals surface area contributed by atoms with Crippen LogP contribution in [0.1, 0.15) is 52.4 Å². The summed E-state index contributed by atoms with van der Waals surface area (Å²) in [6.45, 7) is 1.66. The lowest BCUT2D eigenvalue weighted by molar-refractivity contribution is -0.148. The van der Waals surface area contributed by atoms with Gasteiger partial charge in [-0.1, -0.05) is 35.0 Å². The Morgan fingerprint density at radius 2 is 1.83 bits per heavy atom. The van der Waals surface area contributed by atoms with Crippen molar-refractivity contribution in [2.24, 2.45) is 5.16 Å². The maximum Gasteiger partial charge on any atom is 0.335 e. The molecule has 3 aliphatic heterocycles. The van der Waals surface area contributed by atoms with Crippen LogP contribution < -0.4 is 10.2 Å². The fourth-order valence-corrected chi connectivity index (χ4v) is 6.50. The third kappa shape index (κ3) is 6.02. The molecule has 46 heavy (non-hydrogen) atoms. The zero-order valence-corrected chi connectivity index (χ0v) is 25.6. The zero-order chi connectivity index (χ0) is 32.5. The second kappa shape index (κ2) is 13.1. The van der Waals surface area contributed by atoms with Gasteiger partial charge < -0.3 is 29.8 Å². The molecule has 3 aromatic carbocycles. The Labute approximate surface area is 268 Å². The minimum absolute atomic E-state index is 0.0481. The van der Waals surface area contributed by atoms with Crippen LogP contribution in [0.15, 0.2) is 59.8 Å². The molecule has 0 radical (unpaired) electrons. The number of halogens is 3. The lowest BCUT2D eigenvalue weighted by Crippen LogP contribution is -2.49. The Morgan fingerprint density at radius 1 is 1.07 bits per heavy atom. The predicted octanol–water partition coefficient (Wildman–Crippen LogP) is 5.19. The number of carbonyl (C=O) groups excluding carboxylic acids is 2. The van der Waals surface area contributed by atoms with Crippen molar-refractivity contribution in [1.82, 2.24) is 4.90 Å². The summed E-state index contributed by atoms with van der Waals surface area (Å²) >= 11 is 5.94. The number of ether oxygens (including phenoxy) is 1. The Hall–Kier alpha value is -4.55. The zero-order valence-electron chi connectivity index (χ0n) is 24.8. The van der Waals surface area contributed by atoms with Crippen molar-refractivity contribution < 1.29 is 37.8 Å². The van der Waals surface area contributed by atoms with Gasteiger partial charge in [-0.2, -0.15) is 0 Å². The van der Waals surface area contributed by atoms with Crippen LogP contribution in [-0.4, -0.2) is 72.5 Å². The van der Waals surface area contributed by atoms with E-state index in [9.17, 15) is 28.3 Å². The molecule has 0 saturated carbocycles. The smallest absolute Gasteiger partial charge is 0.335 e. The fraction of sp³-hybridized carbons (Fsp3) is 0.333. The van der Waals surface area contributed by atoms with E-state index >= 15 is 0 Å². The van der Waals surface area contributed by atoms with Crippen LogP contribution >= 0.6 is 11.6 Å². The van der Waals surface area contributed by atoms with E-state index in [0.717, 1.165) is 43.2 Å². The number of carboxylic acids is 1. The topological polar surface area (TPSA) is 121 Å². The van der Waals surface area contributed by atoms with Crippen LogP contribution in [0.3, 0.4) is 0 Å². The van der Waals surface area contributed by atoms with Gasteiger partial charge in [0, 0.05) is 44.4 Å². The van der Waals surface area contributed by atoms with Gasteiger partial charge in [-0.05, 0) is 66.8 Å². The summed E-state index contributed by atoms with van der Waals surface area (Å²) in [5.41, 5.74) is 2.24. The van der Waals surface area contributed by atoms with Gasteiger partial charge in [0.25, 0.3) is 11.8 Å². The molecule has 0 aliphatic carbocycles. The van der Waals surface area contributed by atoms with E-state index in [2.05, 4.69) is 15.4 Å². The van der Waals surface area contributed by atoms with Crippen molar-refractivity contribution in [3.05, 3.63) is 93.5 Å². The van der Waals surface area contributed by atoms with Crippen molar-refractivity contribution in [3.8, 4) is 0 Å².